The van der Waals surface area contributed by atoms with Crippen LogP contribution >= 0.6 is 11.6 Å². The third-order valence-electron chi connectivity index (χ3n) is 3.99. The Bertz CT molecular complexity index is 532. The van der Waals surface area contributed by atoms with Crippen LogP contribution < -0.4 is 0 Å². The summed E-state index contributed by atoms with van der Waals surface area (Å²) in [4.78, 5) is 26.0. The maximum Gasteiger partial charge on any atom is 0.410 e. The molecule has 1 aromatic rings. The van der Waals surface area contributed by atoms with Gasteiger partial charge in [0.05, 0.1) is 7.11 Å². The fraction of sp³-hybridized carbons (Fsp3) is 0.467. The largest absolute Gasteiger partial charge is 0.453 e. The molecular weight excluding hydrogens is 278 g/mol. The lowest BCUT2D eigenvalue weighted by Gasteiger charge is -2.43. The molecule has 1 fully saturated rings. The van der Waals surface area contributed by atoms with Crippen LogP contribution in [0.15, 0.2) is 24.3 Å². The minimum absolute atomic E-state index is 0.0183. The summed E-state index contributed by atoms with van der Waals surface area (Å²) in [7, 11) is 2.91. The molecule has 0 bridgehead atoms. The van der Waals surface area contributed by atoms with Gasteiger partial charge >= 0.3 is 6.09 Å². The molecule has 0 aliphatic heterocycles. The van der Waals surface area contributed by atoms with Crippen molar-refractivity contribution < 1.29 is 14.3 Å². The van der Waals surface area contributed by atoms with Crippen molar-refractivity contribution in [1.82, 2.24) is 4.90 Å². The van der Waals surface area contributed by atoms with Gasteiger partial charge in [-0.3, -0.25) is 9.69 Å². The van der Waals surface area contributed by atoms with Crippen molar-refractivity contribution in [2.45, 2.75) is 31.2 Å². The number of rotatable bonds is 2. The number of benzene rings is 1. The van der Waals surface area contributed by atoms with Gasteiger partial charge < -0.3 is 4.74 Å². The zero-order valence-electron chi connectivity index (χ0n) is 11.7. The van der Waals surface area contributed by atoms with E-state index in [4.69, 9.17) is 16.3 Å². The summed E-state index contributed by atoms with van der Waals surface area (Å²) >= 11 is 6.27. The number of hydrogen-bond donors (Lipinski definition) is 0. The standard InChI is InChI=1S/C15H18ClNO3/c1-17(14(19)20-2)15(10-6-5-9-13(15)18)11-7-3-4-8-12(11)16/h3-4,7-8H,5-6,9-10H2,1-2H3. The predicted molar refractivity (Wildman–Crippen MR) is 76.8 cm³/mol. The van der Waals surface area contributed by atoms with Gasteiger partial charge in [0.1, 0.15) is 5.54 Å². The molecule has 5 heteroatoms. The quantitative estimate of drug-likeness (QED) is 0.840. The third kappa shape index (κ3) is 2.29. The number of halogens is 1. The number of carbonyl (C=O) groups is 2. The number of ether oxygens (including phenoxy) is 1. The number of methoxy groups -OCH3 is 1. The first kappa shape index (κ1) is 14.9. The van der Waals surface area contributed by atoms with Crippen molar-refractivity contribution in [1.29, 1.82) is 0 Å². The van der Waals surface area contributed by atoms with Crippen LogP contribution in [0, 0.1) is 0 Å². The highest BCUT2D eigenvalue weighted by molar-refractivity contribution is 6.31. The molecule has 1 aliphatic carbocycles. The molecule has 0 aromatic heterocycles. The van der Waals surface area contributed by atoms with Crippen LogP contribution in [0.5, 0.6) is 0 Å². The summed E-state index contributed by atoms with van der Waals surface area (Å²) in [6.07, 6.45) is 2.21. The van der Waals surface area contributed by atoms with E-state index in [1.165, 1.54) is 12.0 Å². The highest BCUT2D eigenvalue weighted by atomic mass is 35.5. The van der Waals surface area contributed by atoms with Gasteiger partial charge in [-0.15, -0.1) is 0 Å². The molecule has 0 radical (unpaired) electrons. The van der Waals surface area contributed by atoms with Gasteiger partial charge in [-0.2, -0.15) is 0 Å². The van der Waals surface area contributed by atoms with Crippen molar-refractivity contribution >= 4 is 23.5 Å². The molecule has 1 atom stereocenters. The van der Waals surface area contributed by atoms with Crippen molar-refractivity contribution in [3.63, 3.8) is 0 Å². The zero-order valence-corrected chi connectivity index (χ0v) is 12.4. The molecule has 1 unspecified atom stereocenters. The van der Waals surface area contributed by atoms with Crippen molar-refractivity contribution in [3.8, 4) is 0 Å². The van der Waals surface area contributed by atoms with E-state index in [1.807, 2.05) is 18.2 Å². The Morgan fingerprint density at radius 1 is 1.35 bits per heavy atom. The second-order valence-corrected chi connectivity index (χ2v) is 5.41. The Balaban J connectivity index is 2.58. The smallest absolute Gasteiger partial charge is 0.410 e. The maximum atomic E-state index is 12.6. The van der Waals surface area contributed by atoms with Crippen LogP contribution in [-0.2, 0) is 15.1 Å². The first-order valence-electron chi connectivity index (χ1n) is 6.64. The fourth-order valence-corrected chi connectivity index (χ4v) is 3.21. The van der Waals surface area contributed by atoms with Gasteiger partial charge in [0.25, 0.3) is 0 Å². The maximum absolute atomic E-state index is 12.6. The number of amides is 1. The zero-order chi connectivity index (χ0) is 14.8. The minimum atomic E-state index is -1.01. The van der Waals surface area contributed by atoms with Gasteiger partial charge in [0, 0.05) is 24.1 Å². The first-order chi connectivity index (χ1) is 9.54. The number of ketones is 1. The van der Waals surface area contributed by atoms with E-state index >= 15 is 0 Å². The second kappa shape index (κ2) is 5.83. The topological polar surface area (TPSA) is 46.6 Å². The van der Waals surface area contributed by atoms with E-state index in [-0.39, 0.29) is 5.78 Å². The van der Waals surface area contributed by atoms with Crippen LogP contribution in [0.4, 0.5) is 4.79 Å². The fourth-order valence-electron chi connectivity index (χ4n) is 2.92. The van der Waals surface area contributed by atoms with Crippen LogP contribution in [0.25, 0.3) is 0 Å². The molecule has 108 valence electrons. The molecule has 4 nitrogen and oxygen atoms in total. The Labute approximate surface area is 123 Å². The summed E-state index contributed by atoms with van der Waals surface area (Å²) in [6, 6.07) is 7.19. The highest BCUT2D eigenvalue weighted by Gasteiger charge is 2.48. The second-order valence-electron chi connectivity index (χ2n) is 5.00. The molecule has 0 N–H and O–H groups in total. The Kier molecular flexibility index (Phi) is 4.33. The number of likely N-dealkylation sites (N-methyl/N-ethyl adjacent to an activating group) is 1. The lowest BCUT2D eigenvalue weighted by Crippen LogP contribution is -2.54. The third-order valence-corrected chi connectivity index (χ3v) is 4.32. The summed E-state index contributed by atoms with van der Waals surface area (Å²) in [5.74, 6) is 0.0183. The number of nitrogens with zero attached hydrogens (tertiary/aromatic N) is 1. The lowest BCUT2D eigenvalue weighted by atomic mass is 9.74. The summed E-state index contributed by atoms with van der Waals surface area (Å²) in [5, 5.41) is 0.499. The van der Waals surface area contributed by atoms with Gasteiger partial charge in [0.15, 0.2) is 5.78 Å². The minimum Gasteiger partial charge on any atom is -0.453 e. The summed E-state index contributed by atoms with van der Waals surface area (Å²) in [6.45, 7) is 0. The van der Waals surface area contributed by atoms with Crippen molar-refractivity contribution in [3.05, 3.63) is 34.9 Å². The van der Waals surface area contributed by atoms with E-state index in [2.05, 4.69) is 0 Å². The molecular formula is C15H18ClNO3. The van der Waals surface area contributed by atoms with E-state index in [1.54, 1.807) is 13.1 Å². The Morgan fingerprint density at radius 3 is 2.65 bits per heavy atom. The van der Waals surface area contributed by atoms with E-state index in [0.717, 1.165) is 12.8 Å². The lowest BCUT2D eigenvalue weighted by molar-refractivity contribution is -0.133. The van der Waals surface area contributed by atoms with Crippen molar-refractivity contribution in [2.75, 3.05) is 14.2 Å². The Morgan fingerprint density at radius 2 is 2.05 bits per heavy atom. The van der Waals surface area contributed by atoms with E-state index < -0.39 is 11.6 Å². The molecule has 0 spiro atoms. The van der Waals surface area contributed by atoms with Crippen LogP contribution in [0.2, 0.25) is 5.02 Å². The van der Waals surface area contributed by atoms with Crippen LogP contribution in [-0.4, -0.2) is 30.9 Å². The molecule has 1 amide bonds. The molecule has 0 saturated heterocycles. The molecule has 1 aliphatic rings. The SMILES string of the molecule is COC(=O)N(C)C1(c2ccccc2Cl)CCCCC1=O. The molecule has 1 aromatic carbocycles. The number of Topliss-reactive ketones (excluding diaryl/α,β-unsaturated/α-hetero) is 1. The van der Waals surface area contributed by atoms with Crippen LogP contribution in [0.1, 0.15) is 31.2 Å². The van der Waals surface area contributed by atoms with Crippen LogP contribution in [0.3, 0.4) is 0 Å². The summed E-state index contributed by atoms with van der Waals surface area (Å²) < 4.78 is 4.79. The monoisotopic (exact) mass is 295 g/mol. The average molecular weight is 296 g/mol. The highest BCUT2D eigenvalue weighted by Crippen LogP contribution is 2.42. The van der Waals surface area contributed by atoms with Crippen molar-refractivity contribution in [2.24, 2.45) is 0 Å². The van der Waals surface area contributed by atoms with E-state index in [0.29, 0.717) is 23.4 Å². The average Bonchev–Trinajstić information content (AvgIpc) is 2.47. The molecule has 2 rings (SSSR count). The van der Waals surface area contributed by atoms with Gasteiger partial charge in [-0.1, -0.05) is 29.8 Å². The van der Waals surface area contributed by atoms with E-state index in [9.17, 15) is 9.59 Å². The van der Waals surface area contributed by atoms with Gasteiger partial charge in [-0.05, 0) is 25.3 Å². The molecule has 1 saturated carbocycles. The Hall–Kier alpha value is -1.55. The van der Waals surface area contributed by atoms with Gasteiger partial charge in [-0.25, -0.2) is 4.79 Å². The normalized spacial score (nSPS) is 22.4. The number of hydrogen-bond acceptors (Lipinski definition) is 3. The molecule has 20 heavy (non-hydrogen) atoms. The first-order valence-corrected chi connectivity index (χ1v) is 7.02. The summed E-state index contributed by atoms with van der Waals surface area (Å²) in [5.41, 5.74) is -0.330. The molecule has 0 heterocycles. The van der Waals surface area contributed by atoms with Gasteiger partial charge in [0.2, 0.25) is 0 Å². The predicted octanol–water partition coefficient (Wildman–Crippen LogP) is 3.38. The number of carbonyl (C=O) groups excluding carboxylic acids is 2.